The van der Waals surface area contributed by atoms with Crippen LogP contribution in [0, 0.1) is 0 Å². The van der Waals surface area contributed by atoms with Gasteiger partial charge in [-0.05, 0) is 39.3 Å². The summed E-state index contributed by atoms with van der Waals surface area (Å²) >= 11 is 0. The summed E-state index contributed by atoms with van der Waals surface area (Å²) in [6.45, 7) is 7.76. The first-order valence-corrected chi connectivity index (χ1v) is 9.39. The molecule has 5 N–H and O–H groups in total. The molecular formula is C18H29N5O6. The van der Waals surface area contributed by atoms with E-state index < -0.39 is 24.3 Å². The van der Waals surface area contributed by atoms with Crippen LogP contribution in [0.25, 0.3) is 0 Å². The molecule has 1 atom stereocenters. The lowest BCUT2D eigenvalue weighted by Gasteiger charge is -2.17. The number of aliphatic imine (C=N–C) groups is 1. The van der Waals surface area contributed by atoms with E-state index in [1.165, 1.54) is 6.08 Å². The summed E-state index contributed by atoms with van der Waals surface area (Å²) in [5.41, 5.74) is 0.700. The molecule has 1 heterocycles. The number of rotatable bonds is 10. The number of aliphatic hydroxyl groups is 1. The van der Waals surface area contributed by atoms with Gasteiger partial charge in [0.15, 0.2) is 6.23 Å². The highest BCUT2D eigenvalue weighted by atomic mass is 16.6. The Balaban J connectivity index is 2.02. The number of allylic oxidation sites excluding steroid dienone is 1. The molecule has 0 saturated carbocycles. The van der Waals surface area contributed by atoms with E-state index >= 15 is 0 Å². The zero-order valence-electron chi connectivity index (χ0n) is 16.7. The number of aliphatic hydroxyl groups excluding tert-OH is 1. The van der Waals surface area contributed by atoms with E-state index in [0.29, 0.717) is 18.8 Å². The third-order valence-electron chi connectivity index (χ3n) is 3.59. The summed E-state index contributed by atoms with van der Waals surface area (Å²) in [7, 11) is 0. The van der Waals surface area contributed by atoms with E-state index in [1.807, 2.05) is 0 Å². The van der Waals surface area contributed by atoms with E-state index in [1.54, 1.807) is 13.8 Å². The third kappa shape index (κ3) is 10.7. The monoisotopic (exact) mass is 411 g/mol. The number of ether oxygens (including phenoxy) is 2. The van der Waals surface area contributed by atoms with Gasteiger partial charge >= 0.3 is 18.1 Å². The van der Waals surface area contributed by atoms with Gasteiger partial charge in [-0.3, -0.25) is 5.32 Å². The minimum atomic E-state index is -0.972. The molecule has 0 aromatic heterocycles. The minimum absolute atomic E-state index is 0.172. The normalized spacial score (nSPS) is 15.2. The van der Waals surface area contributed by atoms with E-state index in [2.05, 4.69) is 37.6 Å². The Bertz CT molecular complexity index is 661. The van der Waals surface area contributed by atoms with Crippen LogP contribution in [0.1, 0.15) is 39.5 Å². The number of esters is 1. The number of amides is 3. The average Bonchev–Trinajstić information content (AvgIpc) is 2.63. The number of unbranched alkanes of at least 4 members (excludes halogenated alkanes) is 3. The Morgan fingerprint density at radius 1 is 1.21 bits per heavy atom. The fraction of sp³-hybridized carbons (Fsp3) is 0.556. The predicted octanol–water partition coefficient (Wildman–Crippen LogP) is 0.830. The van der Waals surface area contributed by atoms with Crippen molar-refractivity contribution >= 4 is 24.1 Å². The number of carbonyl (C=O) groups excluding carboxylic acids is 3. The predicted molar refractivity (Wildman–Crippen MR) is 106 cm³/mol. The molecule has 1 aliphatic heterocycles. The third-order valence-corrected chi connectivity index (χ3v) is 3.59. The molecule has 3 amide bonds. The van der Waals surface area contributed by atoms with E-state index in [-0.39, 0.29) is 18.3 Å². The summed E-state index contributed by atoms with van der Waals surface area (Å²) in [6.07, 6.45) is 2.97. The van der Waals surface area contributed by atoms with Crippen LogP contribution in [0.5, 0.6) is 0 Å². The first-order chi connectivity index (χ1) is 13.8. The highest BCUT2D eigenvalue weighted by Gasteiger charge is 2.14. The molecule has 0 aromatic carbocycles. The molecule has 11 heteroatoms. The van der Waals surface area contributed by atoms with Crippen molar-refractivity contribution < 1.29 is 29.0 Å². The lowest BCUT2D eigenvalue weighted by Crippen LogP contribution is -2.47. The van der Waals surface area contributed by atoms with Gasteiger partial charge in [-0.1, -0.05) is 12.8 Å². The molecule has 0 aliphatic carbocycles. The first kappa shape index (κ1) is 24.0. The second-order valence-corrected chi connectivity index (χ2v) is 6.12. The molecule has 0 radical (unpaired) electrons. The Labute approximate surface area is 169 Å². The summed E-state index contributed by atoms with van der Waals surface area (Å²) in [5, 5.41) is 20.0. The standard InChI is InChI=1S/C18H29N5O6/c1-4-28-15(25)13(3)29-18(27)20-10-8-6-5-7-9-19-17(26)23-16-21-12(2)11-14(24)22-16/h11,14,24H,3-10H2,1-2H3,(H,20,27)(H3,19,21,22,23,26). The lowest BCUT2D eigenvalue weighted by molar-refractivity contribution is -0.141. The summed E-state index contributed by atoms with van der Waals surface area (Å²) in [5.74, 6) is -0.935. The summed E-state index contributed by atoms with van der Waals surface area (Å²) < 4.78 is 9.36. The van der Waals surface area contributed by atoms with Crippen molar-refractivity contribution in [1.29, 1.82) is 0 Å². The lowest BCUT2D eigenvalue weighted by atomic mass is 10.2. The fourth-order valence-electron chi connectivity index (χ4n) is 2.27. The quantitative estimate of drug-likeness (QED) is 0.155. The SMILES string of the molecule is C=C(OC(=O)NCCCCCCNC(=O)NC1=NC(O)C=C(C)N1)C(=O)OCC. The molecule has 0 aromatic rings. The van der Waals surface area contributed by atoms with Crippen LogP contribution in [-0.2, 0) is 14.3 Å². The molecule has 29 heavy (non-hydrogen) atoms. The Kier molecular flexibility index (Phi) is 10.9. The molecule has 0 saturated heterocycles. The highest BCUT2D eigenvalue weighted by molar-refractivity contribution is 5.97. The smallest absolute Gasteiger partial charge is 0.412 e. The minimum Gasteiger partial charge on any atom is -0.460 e. The molecule has 1 rings (SSSR count). The number of carbonyl (C=O) groups is 3. The molecule has 11 nitrogen and oxygen atoms in total. The van der Waals surface area contributed by atoms with Crippen LogP contribution in [0.15, 0.2) is 29.1 Å². The summed E-state index contributed by atoms with van der Waals surface area (Å²) in [4.78, 5) is 38.3. The first-order valence-electron chi connectivity index (χ1n) is 9.39. The van der Waals surface area contributed by atoms with Gasteiger partial charge in [-0.15, -0.1) is 0 Å². The second kappa shape index (κ2) is 13.2. The molecule has 1 unspecified atom stereocenters. The van der Waals surface area contributed by atoms with Gasteiger partial charge in [0, 0.05) is 18.8 Å². The number of urea groups is 1. The van der Waals surface area contributed by atoms with Crippen LogP contribution in [0.2, 0.25) is 0 Å². The maximum absolute atomic E-state index is 11.8. The van der Waals surface area contributed by atoms with Gasteiger partial charge in [0.1, 0.15) is 0 Å². The van der Waals surface area contributed by atoms with Crippen molar-refractivity contribution in [2.45, 2.75) is 45.8 Å². The van der Waals surface area contributed by atoms with Crippen molar-refractivity contribution in [3.63, 3.8) is 0 Å². The Morgan fingerprint density at radius 2 is 1.86 bits per heavy atom. The van der Waals surface area contributed by atoms with Crippen LogP contribution in [-0.4, -0.2) is 55.1 Å². The number of nitrogens with one attached hydrogen (secondary N) is 4. The van der Waals surface area contributed by atoms with E-state index in [9.17, 15) is 19.5 Å². The van der Waals surface area contributed by atoms with Crippen LogP contribution >= 0.6 is 0 Å². The van der Waals surface area contributed by atoms with Crippen LogP contribution < -0.4 is 21.3 Å². The van der Waals surface area contributed by atoms with Gasteiger partial charge in [0.05, 0.1) is 6.61 Å². The van der Waals surface area contributed by atoms with Crippen LogP contribution in [0.3, 0.4) is 0 Å². The number of nitrogens with zero attached hydrogens (tertiary/aromatic N) is 1. The van der Waals surface area contributed by atoms with Gasteiger partial charge < -0.3 is 30.5 Å². The van der Waals surface area contributed by atoms with Crippen molar-refractivity contribution in [2.24, 2.45) is 4.99 Å². The number of hydrogen-bond acceptors (Lipinski definition) is 8. The second-order valence-electron chi connectivity index (χ2n) is 6.12. The molecule has 0 fully saturated rings. The Morgan fingerprint density at radius 3 is 2.48 bits per heavy atom. The van der Waals surface area contributed by atoms with Gasteiger partial charge in [0.2, 0.25) is 11.7 Å². The van der Waals surface area contributed by atoms with Crippen molar-refractivity contribution in [2.75, 3.05) is 19.7 Å². The zero-order chi connectivity index (χ0) is 21.6. The maximum Gasteiger partial charge on any atom is 0.412 e. The molecule has 0 spiro atoms. The molecular weight excluding hydrogens is 382 g/mol. The van der Waals surface area contributed by atoms with Crippen molar-refractivity contribution in [3.05, 3.63) is 24.1 Å². The van der Waals surface area contributed by atoms with Crippen molar-refractivity contribution in [3.8, 4) is 0 Å². The average molecular weight is 411 g/mol. The molecule has 162 valence electrons. The zero-order valence-corrected chi connectivity index (χ0v) is 16.7. The van der Waals surface area contributed by atoms with Crippen molar-refractivity contribution in [1.82, 2.24) is 21.3 Å². The van der Waals surface area contributed by atoms with Gasteiger partial charge in [-0.25, -0.2) is 19.4 Å². The molecule has 0 bridgehead atoms. The maximum atomic E-state index is 11.8. The van der Waals surface area contributed by atoms with Gasteiger partial charge in [0.25, 0.3) is 0 Å². The van der Waals surface area contributed by atoms with Crippen LogP contribution in [0.4, 0.5) is 9.59 Å². The van der Waals surface area contributed by atoms with Gasteiger partial charge in [-0.2, -0.15) is 0 Å². The fourth-order valence-corrected chi connectivity index (χ4v) is 2.27. The highest BCUT2D eigenvalue weighted by Crippen LogP contribution is 2.01. The number of hydrogen-bond donors (Lipinski definition) is 5. The summed E-state index contributed by atoms with van der Waals surface area (Å²) in [6, 6.07) is -0.413. The topological polar surface area (TPSA) is 150 Å². The molecule has 1 aliphatic rings. The van der Waals surface area contributed by atoms with E-state index in [4.69, 9.17) is 4.74 Å². The van der Waals surface area contributed by atoms with E-state index in [0.717, 1.165) is 25.7 Å². The Hall–Kier alpha value is -3.08. The number of guanidine groups is 1. The number of alkyl carbamates (subject to hydrolysis) is 1. The largest absolute Gasteiger partial charge is 0.460 e.